The summed E-state index contributed by atoms with van der Waals surface area (Å²) in [4.78, 5) is 13.1. The van der Waals surface area contributed by atoms with Gasteiger partial charge in [-0.3, -0.25) is 0 Å². The molecule has 0 aliphatic carbocycles. The molecule has 0 atom stereocenters. The third kappa shape index (κ3) is 5.80. The molecule has 0 unspecified atom stereocenters. The summed E-state index contributed by atoms with van der Waals surface area (Å²) in [5.74, 6) is 0. The van der Waals surface area contributed by atoms with Gasteiger partial charge in [0.15, 0.2) is 0 Å². The Morgan fingerprint density at radius 1 is 1.25 bits per heavy atom. The van der Waals surface area contributed by atoms with Gasteiger partial charge in [-0.05, 0) is 12.5 Å². The van der Waals surface area contributed by atoms with Crippen LogP contribution in [0, 0.1) is 6.92 Å². The van der Waals surface area contributed by atoms with Crippen molar-refractivity contribution in [3.63, 3.8) is 0 Å². The SMILES string of the molecule is Cc1ccc(COC(=O)NCC[NH+]2CCCC2)cc1.[Cl-]. The van der Waals surface area contributed by atoms with Gasteiger partial charge in [0.1, 0.15) is 6.61 Å². The number of halogens is 1. The minimum absolute atomic E-state index is 0. The zero-order valence-corrected chi connectivity index (χ0v) is 12.7. The number of likely N-dealkylation sites (tertiary alicyclic amines) is 1. The molecule has 1 aromatic carbocycles. The van der Waals surface area contributed by atoms with E-state index in [4.69, 9.17) is 4.74 Å². The Hall–Kier alpha value is -1.26. The van der Waals surface area contributed by atoms with Gasteiger partial charge in [-0.1, -0.05) is 29.8 Å². The van der Waals surface area contributed by atoms with E-state index in [0.717, 1.165) is 12.1 Å². The fourth-order valence-electron chi connectivity index (χ4n) is 2.35. The predicted molar refractivity (Wildman–Crippen MR) is 74.2 cm³/mol. The first-order chi connectivity index (χ1) is 9.24. The van der Waals surface area contributed by atoms with Crippen LogP contribution in [0.1, 0.15) is 24.0 Å². The van der Waals surface area contributed by atoms with E-state index in [0.29, 0.717) is 13.2 Å². The fraction of sp³-hybridized carbons (Fsp3) is 0.533. The van der Waals surface area contributed by atoms with E-state index < -0.39 is 0 Å². The fourth-order valence-corrected chi connectivity index (χ4v) is 2.35. The van der Waals surface area contributed by atoms with Crippen molar-refractivity contribution in [1.82, 2.24) is 5.32 Å². The molecule has 2 N–H and O–H groups in total. The summed E-state index contributed by atoms with van der Waals surface area (Å²) in [6.07, 6.45) is 2.31. The highest BCUT2D eigenvalue weighted by atomic mass is 35.5. The molecule has 1 aliphatic rings. The Morgan fingerprint density at radius 2 is 1.90 bits per heavy atom. The molecule has 1 amide bonds. The molecule has 0 aromatic heterocycles. The second kappa shape index (κ2) is 8.82. The molecule has 1 aliphatic heterocycles. The Labute approximate surface area is 126 Å². The third-order valence-corrected chi connectivity index (χ3v) is 3.55. The molecule has 20 heavy (non-hydrogen) atoms. The number of aryl methyl sites for hydroxylation is 1. The lowest BCUT2D eigenvalue weighted by Gasteiger charge is -2.12. The van der Waals surface area contributed by atoms with Crippen molar-refractivity contribution in [3.8, 4) is 0 Å². The van der Waals surface area contributed by atoms with Gasteiger partial charge in [-0.25, -0.2) is 4.79 Å². The highest BCUT2D eigenvalue weighted by Gasteiger charge is 2.14. The average Bonchev–Trinajstić information content (AvgIpc) is 2.91. The maximum Gasteiger partial charge on any atom is 0.407 e. The van der Waals surface area contributed by atoms with Crippen LogP contribution in [-0.4, -0.2) is 32.3 Å². The number of benzene rings is 1. The Balaban J connectivity index is 0.00000200. The molecule has 112 valence electrons. The van der Waals surface area contributed by atoms with Gasteiger partial charge in [-0.2, -0.15) is 0 Å². The molecule has 1 aromatic rings. The Morgan fingerprint density at radius 3 is 2.55 bits per heavy atom. The number of alkyl carbamates (subject to hydrolysis) is 1. The number of nitrogens with one attached hydrogen (secondary N) is 2. The van der Waals surface area contributed by atoms with Crippen LogP contribution in [-0.2, 0) is 11.3 Å². The summed E-state index contributed by atoms with van der Waals surface area (Å²) in [6.45, 7) is 6.54. The average molecular weight is 299 g/mol. The molecule has 2 rings (SSSR count). The van der Waals surface area contributed by atoms with Crippen LogP contribution in [0.25, 0.3) is 0 Å². The van der Waals surface area contributed by atoms with Crippen LogP contribution >= 0.6 is 0 Å². The van der Waals surface area contributed by atoms with Gasteiger partial charge in [-0.15, -0.1) is 0 Å². The Bertz CT molecular complexity index is 403. The number of ether oxygens (including phenoxy) is 1. The van der Waals surface area contributed by atoms with Crippen LogP contribution < -0.4 is 22.6 Å². The number of hydrogen-bond acceptors (Lipinski definition) is 2. The molecule has 1 saturated heterocycles. The molecule has 0 radical (unpaired) electrons. The van der Waals surface area contributed by atoms with E-state index >= 15 is 0 Å². The van der Waals surface area contributed by atoms with E-state index in [1.807, 2.05) is 31.2 Å². The van der Waals surface area contributed by atoms with E-state index in [-0.39, 0.29) is 18.5 Å². The molecule has 0 spiro atoms. The summed E-state index contributed by atoms with van der Waals surface area (Å²) in [6, 6.07) is 8.01. The molecule has 0 saturated carbocycles. The Kier molecular flexibility index (Phi) is 7.41. The first-order valence-corrected chi connectivity index (χ1v) is 7.04. The van der Waals surface area contributed by atoms with Gasteiger partial charge in [0, 0.05) is 12.8 Å². The normalized spacial score (nSPS) is 14.7. The van der Waals surface area contributed by atoms with E-state index in [9.17, 15) is 4.79 Å². The monoisotopic (exact) mass is 298 g/mol. The largest absolute Gasteiger partial charge is 1.00 e. The lowest BCUT2D eigenvalue weighted by atomic mass is 10.2. The molecule has 1 heterocycles. The number of amides is 1. The summed E-state index contributed by atoms with van der Waals surface area (Å²) < 4.78 is 5.17. The van der Waals surface area contributed by atoms with Crippen molar-refractivity contribution in [2.45, 2.75) is 26.4 Å². The van der Waals surface area contributed by atoms with E-state index in [1.54, 1.807) is 4.90 Å². The molecule has 4 nitrogen and oxygen atoms in total. The minimum atomic E-state index is -0.320. The van der Waals surface area contributed by atoms with E-state index in [1.165, 1.54) is 31.5 Å². The van der Waals surface area contributed by atoms with Gasteiger partial charge in [0.2, 0.25) is 0 Å². The molecular weight excluding hydrogens is 276 g/mol. The van der Waals surface area contributed by atoms with Crippen molar-refractivity contribution in [3.05, 3.63) is 35.4 Å². The number of rotatable bonds is 5. The number of hydrogen-bond donors (Lipinski definition) is 2. The molecule has 0 bridgehead atoms. The maximum absolute atomic E-state index is 11.5. The predicted octanol–water partition coefficient (Wildman–Crippen LogP) is -2.10. The number of quaternary nitrogens is 1. The van der Waals surface area contributed by atoms with Crippen LogP contribution in [0.2, 0.25) is 0 Å². The van der Waals surface area contributed by atoms with Crippen molar-refractivity contribution in [2.75, 3.05) is 26.2 Å². The lowest BCUT2D eigenvalue weighted by molar-refractivity contribution is -0.886. The van der Waals surface area contributed by atoms with Crippen molar-refractivity contribution in [1.29, 1.82) is 0 Å². The van der Waals surface area contributed by atoms with Gasteiger partial charge in [0.05, 0.1) is 26.2 Å². The second-order valence-electron chi connectivity index (χ2n) is 5.20. The molecule has 1 fully saturated rings. The second-order valence-corrected chi connectivity index (χ2v) is 5.20. The highest BCUT2D eigenvalue weighted by molar-refractivity contribution is 5.67. The van der Waals surface area contributed by atoms with Crippen molar-refractivity contribution >= 4 is 6.09 Å². The van der Waals surface area contributed by atoms with Gasteiger partial charge in [0.25, 0.3) is 0 Å². The first kappa shape index (κ1) is 16.8. The molecule has 5 heteroatoms. The van der Waals surface area contributed by atoms with Crippen LogP contribution in [0.3, 0.4) is 0 Å². The van der Waals surface area contributed by atoms with Crippen molar-refractivity contribution < 1.29 is 26.8 Å². The van der Waals surface area contributed by atoms with Crippen LogP contribution in [0.4, 0.5) is 4.79 Å². The summed E-state index contributed by atoms with van der Waals surface area (Å²) >= 11 is 0. The standard InChI is InChI=1S/C15H22N2O2.ClH/c1-13-4-6-14(7-5-13)12-19-15(18)16-8-11-17-9-2-3-10-17;/h4-7H,2-3,8-12H2,1H3,(H,16,18);1H. The number of carbonyl (C=O) groups is 1. The molecular formula is C15H23ClN2O2. The summed E-state index contributed by atoms with van der Waals surface area (Å²) in [5, 5.41) is 2.81. The minimum Gasteiger partial charge on any atom is -1.00 e. The zero-order chi connectivity index (χ0) is 13.5. The quantitative estimate of drug-likeness (QED) is 0.654. The van der Waals surface area contributed by atoms with Crippen LogP contribution in [0.15, 0.2) is 24.3 Å². The third-order valence-electron chi connectivity index (χ3n) is 3.55. The summed E-state index contributed by atoms with van der Waals surface area (Å²) in [5.41, 5.74) is 2.23. The lowest BCUT2D eigenvalue weighted by Crippen LogP contribution is -3.10. The van der Waals surface area contributed by atoms with Gasteiger partial charge < -0.3 is 27.4 Å². The zero-order valence-electron chi connectivity index (χ0n) is 12.0. The van der Waals surface area contributed by atoms with E-state index in [2.05, 4.69) is 5.32 Å². The highest BCUT2D eigenvalue weighted by Crippen LogP contribution is 2.04. The maximum atomic E-state index is 11.5. The van der Waals surface area contributed by atoms with Crippen LogP contribution in [0.5, 0.6) is 0 Å². The van der Waals surface area contributed by atoms with Crippen molar-refractivity contribution in [2.24, 2.45) is 0 Å². The smallest absolute Gasteiger partial charge is 0.407 e. The topological polar surface area (TPSA) is 42.8 Å². The first-order valence-electron chi connectivity index (χ1n) is 7.04. The number of carbonyl (C=O) groups excluding carboxylic acids is 1. The summed E-state index contributed by atoms with van der Waals surface area (Å²) in [7, 11) is 0. The van der Waals surface area contributed by atoms with Gasteiger partial charge >= 0.3 is 6.09 Å².